The molecule has 192 valence electrons. The largest absolute Gasteiger partial charge is 0.361 e. The molecule has 4 aromatic rings. The highest BCUT2D eigenvalue weighted by Gasteiger charge is 2.48. The Morgan fingerprint density at radius 3 is 2.54 bits per heavy atom. The number of rotatable bonds is 4. The van der Waals surface area contributed by atoms with Crippen molar-refractivity contribution in [2.75, 3.05) is 4.90 Å². The molecule has 0 spiro atoms. The van der Waals surface area contributed by atoms with Crippen LogP contribution in [0.1, 0.15) is 67.0 Å². The molecule has 0 unspecified atom stereocenters. The molecule has 3 heterocycles. The zero-order valence-corrected chi connectivity index (χ0v) is 20.9. The third-order valence-corrected chi connectivity index (χ3v) is 7.65. The molecular weight excluding hydrogens is 481 g/mol. The zero-order chi connectivity index (χ0) is 26.1. The molecule has 9 heteroatoms. The van der Waals surface area contributed by atoms with Crippen LogP contribution in [0.4, 0.5) is 18.9 Å². The van der Waals surface area contributed by atoms with Gasteiger partial charge in [-0.3, -0.25) is 4.79 Å². The van der Waals surface area contributed by atoms with E-state index in [0.29, 0.717) is 47.6 Å². The van der Waals surface area contributed by atoms with Crippen LogP contribution in [0.15, 0.2) is 40.9 Å². The van der Waals surface area contributed by atoms with Crippen molar-refractivity contribution < 1.29 is 22.5 Å². The summed E-state index contributed by atoms with van der Waals surface area (Å²) in [5.74, 6) is -2.02. The van der Waals surface area contributed by atoms with E-state index in [2.05, 4.69) is 5.16 Å². The number of carbonyl (C=O) groups is 1. The number of amides is 1. The Morgan fingerprint density at radius 2 is 1.86 bits per heavy atom. The number of carbonyl (C=O) groups excluding carboxylic acids is 1. The van der Waals surface area contributed by atoms with Crippen molar-refractivity contribution in [1.82, 2.24) is 14.7 Å². The number of hydrogen-bond acceptors (Lipinski definition) is 4. The van der Waals surface area contributed by atoms with E-state index in [1.165, 1.54) is 6.07 Å². The summed E-state index contributed by atoms with van der Waals surface area (Å²) < 4.78 is 49.8. The molecule has 37 heavy (non-hydrogen) atoms. The van der Waals surface area contributed by atoms with E-state index in [1.54, 1.807) is 24.0 Å². The average Bonchev–Trinajstić information content (AvgIpc) is 3.37. The quantitative estimate of drug-likeness (QED) is 0.298. The minimum atomic E-state index is -2.72. The Kier molecular flexibility index (Phi) is 5.43. The second-order valence-electron chi connectivity index (χ2n) is 10.3. The second kappa shape index (κ2) is 8.46. The van der Waals surface area contributed by atoms with E-state index >= 15 is 0 Å². The van der Waals surface area contributed by atoms with Crippen LogP contribution in [0, 0.1) is 26.6 Å². The molecule has 2 fully saturated rings. The molecule has 0 N–H and O–H groups in total. The summed E-state index contributed by atoms with van der Waals surface area (Å²) in [6, 6.07) is 9.55. The Labute approximate surface area is 212 Å². The van der Waals surface area contributed by atoms with Gasteiger partial charge < -0.3 is 14.0 Å². The van der Waals surface area contributed by atoms with Gasteiger partial charge in [0.2, 0.25) is 5.91 Å². The third-order valence-electron chi connectivity index (χ3n) is 7.65. The molecular formula is C28H27F3N4O2. The van der Waals surface area contributed by atoms with E-state index in [4.69, 9.17) is 9.51 Å². The third kappa shape index (κ3) is 3.91. The lowest BCUT2D eigenvalue weighted by Gasteiger charge is -2.40. The average molecular weight is 509 g/mol. The predicted octanol–water partition coefficient (Wildman–Crippen LogP) is 6.98. The Bertz CT molecular complexity index is 1510. The van der Waals surface area contributed by atoms with E-state index in [9.17, 15) is 18.0 Å². The van der Waals surface area contributed by atoms with Crippen LogP contribution in [-0.4, -0.2) is 26.5 Å². The number of imidazole rings is 1. The van der Waals surface area contributed by atoms with Crippen molar-refractivity contribution in [1.29, 1.82) is 0 Å². The highest BCUT2D eigenvalue weighted by molar-refractivity contribution is 5.95. The van der Waals surface area contributed by atoms with Crippen LogP contribution < -0.4 is 4.90 Å². The molecule has 2 aliphatic rings. The summed E-state index contributed by atoms with van der Waals surface area (Å²) in [7, 11) is 0. The fourth-order valence-corrected chi connectivity index (χ4v) is 5.77. The number of aryl methyl sites for hydroxylation is 3. The van der Waals surface area contributed by atoms with Gasteiger partial charge in [0.1, 0.15) is 17.4 Å². The molecule has 1 saturated heterocycles. The van der Waals surface area contributed by atoms with Crippen LogP contribution in [0.3, 0.4) is 0 Å². The predicted molar refractivity (Wildman–Crippen MR) is 133 cm³/mol. The van der Waals surface area contributed by atoms with Gasteiger partial charge in [-0.15, -0.1) is 0 Å². The maximum absolute atomic E-state index is 14.5. The standard InChI is InChI=1S/C28H27F3N4O2/c1-15-7-9-19(12-21(15)29)34-24(5-4-6-25(34)36)27-32-22-11-18(26-16(2)33-37-17(26)3)8-10-23(22)35(27)20-13-28(30,31)14-20/h7-12,20,24H,4-6,13-14H2,1-3H3/t24-/m0/s1. The van der Waals surface area contributed by atoms with Crippen LogP contribution in [-0.2, 0) is 4.79 Å². The van der Waals surface area contributed by atoms with Gasteiger partial charge in [0.15, 0.2) is 0 Å². The normalized spacial score (nSPS) is 20.0. The lowest BCUT2D eigenvalue weighted by molar-refractivity contribution is -0.120. The number of halogens is 3. The van der Waals surface area contributed by atoms with Gasteiger partial charge in [0.25, 0.3) is 5.92 Å². The summed E-state index contributed by atoms with van der Waals surface area (Å²) in [5, 5.41) is 4.04. The first kappa shape index (κ1) is 23.8. The summed E-state index contributed by atoms with van der Waals surface area (Å²) in [6.07, 6.45) is 1.02. The van der Waals surface area contributed by atoms with Gasteiger partial charge in [-0.25, -0.2) is 18.2 Å². The highest BCUT2D eigenvalue weighted by Crippen LogP contribution is 2.49. The van der Waals surface area contributed by atoms with Crippen molar-refractivity contribution in [3.63, 3.8) is 0 Å². The molecule has 6 rings (SSSR count). The molecule has 1 amide bonds. The Morgan fingerprint density at radius 1 is 1.08 bits per heavy atom. The van der Waals surface area contributed by atoms with Gasteiger partial charge >= 0.3 is 0 Å². The number of fused-ring (bicyclic) bond motifs is 1. The van der Waals surface area contributed by atoms with Crippen LogP contribution in [0.25, 0.3) is 22.2 Å². The first-order valence-corrected chi connectivity index (χ1v) is 12.5. The Balaban J connectivity index is 1.51. The van der Waals surface area contributed by atoms with Crippen molar-refractivity contribution in [3.8, 4) is 11.1 Å². The number of nitrogens with zero attached hydrogens (tertiary/aromatic N) is 4. The molecule has 1 aliphatic carbocycles. The lowest BCUT2D eigenvalue weighted by Crippen LogP contribution is -2.42. The maximum Gasteiger partial charge on any atom is 0.252 e. The summed E-state index contributed by atoms with van der Waals surface area (Å²) >= 11 is 0. The van der Waals surface area contributed by atoms with Crippen molar-refractivity contribution in [3.05, 3.63) is 65.1 Å². The number of benzene rings is 2. The SMILES string of the molecule is Cc1ccc(N2C(=O)CCC[C@H]2c2nc3cc(-c4c(C)noc4C)ccc3n2C2CC(F)(F)C2)cc1F. The summed E-state index contributed by atoms with van der Waals surface area (Å²) in [4.78, 5) is 19.7. The monoisotopic (exact) mass is 508 g/mol. The van der Waals surface area contributed by atoms with E-state index < -0.39 is 23.8 Å². The van der Waals surface area contributed by atoms with E-state index in [1.807, 2.05) is 36.6 Å². The van der Waals surface area contributed by atoms with E-state index in [-0.39, 0.29) is 18.7 Å². The summed E-state index contributed by atoms with van der Waals surface area (Å²) in [5.41, 5.74) is 4.82. The fraction of sp³-hybridized carbons (Fsp3) is 0.393. The molecule has 1 saturated carbocycles. The highest BCUT2D eigenvalue weighted by atomic mass is 19.3. The van der Waals surface area contributed by atoms with Crippen molar-refractivity contribution in [2.45, 2.75) is 70.9 Å². The minimum absolute atomic E-state index is 0.131. The maximum atomic E-state index is 14.5. The second-order valence-corrected chi connectivity index (χ2v) is 10.3. The molecule has 6 nitrogen and oxygen atoms in total. The van der Waals surface area contributed by atoms with Gasteiger partial charge in [-0.2, -0.15) is 0 Å². The number of alkyl halides is 2. The fourth-order valence-electron chi connectivity index (χ4n) is 5.77. The first-order valence-electron chi connectivity index (χ1n) is 12.5. The van der Waals surface area contributed by atoms with Crippen LogP contribution in [0.2, 0.25) is 0 Å². The molecule has 1 aliphatic heterocycles. The van der Waals surface area contributed by atoms with Crippen molar-refractivity contribution in [2.24, 2.45) is 0 Å². The molecule has 0 bridgehead atoms. The smallest absolute Gasteiger partial charge is 0.252 e. The van der Waals surface area contributed by atoms with Gasteiger partial charge in [-0.05, 0) is 69.0 Å². The van der Waals surface area contributed by atoms with E-state index in [0.717, 1.165) is 22.3 Å². The summed E-state index contributed by atoms with van der Waals surface area (Å²) in [6.45, 7) is 5.37. The molecule has 2 aromatic heterocycles. The van der Waals surface area contributed by atoms with Crippen LogP contribution >= 0.6 is 0 Å². The van der Waals surface area contributed by atoms with Gasteiger partial charge in [-0.1, -0.05) is 17.3 Å². The molecule has 2 aromatic carbocycles. The Hall–Kier alpha value is -3.62. The minimum Gasteiger partial charge on any atom is -0.361 e. The topological polar surface area (TPSA) is 64.2 Å². The molecule has 0 radical (unpaired) electrons. The number of hydrogen-bond donors (Lipinski definition) is 0. The zero-order valence-electron chi connectivity index (χ0n) is 20.9. The number of piperidine rings is 1. The molecule has 1 atom stereocenters. The first-order chi connectivity index (χ1) is 17.6. The number of aromatic nitrogens is 3. The van der Waals surface area contributed by atoms with Crippen LogP contribution in [0.5, 0.6) is 0 Å². The van der Waals surface area contributed by atoms with Gasteiger partial charge in [0.05, 0.1) is 22.8 Å². The van der Waals surface area contributed by atoms with Gasteiger partial charge in [0, 0.05) is 36.6 Å². The van der Waals surface area contributed by atoms with Crippen molar-refractivity contribution >= 4 is 22.6 Å². The lowest BCUT2D eigenvalue weighted by atomic mass is 9.87. The number of anilines is 1.